The Morgan fingerprint density at radius 2 is 2.08 bits per heavy atom. The van der Waals surface area contributed by atoms with Crippen molar-refractivity contribution in [3.05, 3.63) is 28.3 Å². The van der Waals surface area contributed by atoms with Crippen LogP contribution in [0.1, 0.15) is 61.4 Å². The van der Waals surface area contributed by atoms with Crippen molar-refractivity contribution in [1.29, 1.82) is 0 Å². The molecule has 2 rings (SSSR count). The number of halogens is 1. The second kappa shape index (κ2) is 9.58. The summed E-state index contributed by atoms with van der Waals surface area (Å²) in [5, 5.41) is 17.1. The highest BCUT2D eigenvalue weighted by Gasteiger charge is 2.34. The summed E-state index contributed by atoms with van der Waals surface area (Å²) in [5.74, 6) is -0.942. The minimum Gasteiger partial charge on any atom is -0.478 e. The number of aromatic carboxylic acids is 1. The summed E-state index contributed by atoms with van der Waals surface area (Å²) in [6, 6.07) is 3.91. The number of ether oxygens (including phenoxy) is 1. The number of benzene rings is 1. The Hall–Kier alpha value is -1.30. The Morgan fingerprint density at radius 1 is 1.38 bits per heavy atom. The number of hydrogen-bond donors (Lipinski definition) is 3. The molecule has 1 saturated carbocycles. The van der Waals surface area contributed by atoms with E-state index in [-0.39, 0.29) is 11.1 Å². The summed E-state index contributed by atoms with van der Waals surface area (Å²) in [5.41, 5.74) is 1.84. The normalized spacial score (nSPS) is 23.0. The predicted octanol–water partition coefficient (Wildman–Crippen LogP) is 4.48. The Labute approximate surface area is 161 Å². The molecule has 146 valence electrons. The van der Waals surface area contributed by atoms with Gasteiger partial charge in [-0.3, -0.25) is 0 Å². The first-order valence-corrected chi connectivity index (χ1v) is 9.82. The van der Waals surface area contributed by atoms with E-state index >= 15 is 0 Å². The molecule has 1 aliphatic carbocycles. The molecule has 26 heavy (non-hydrogen) atoms. The van der Waals surface area contributed by atoms with Crippen LogP contribution < -0.4 is 10.6 Å². The van der Waals surface area contributed by atoms with Crippen LogP contribution in [0.2, 0.25) is 5.02 Å². The highest BCUT2D eigenvalue weighted by molar-refractivity contribution is 6.31. The van der Waals surface area contributed by atoms with E-state index in [0.29, 0.717) is 11.1 Å². The van der Waals surface area contributed by atoms with Crippen molar-refractivity contribution in [3.63, 3.8) is 0 Å². The Kier molecular flexibility index (Phi) is 7.74. The fraction of sp³-hybridized carbons (Fsp3) is 0.650. The van der Waals surface area contributed by atoms with Gasteiger partial charge in [-0.1, -0.05) is 18.5 Å². The summed E-state index contributed by atoms with van der Waals surface area (Å²) in [4.78, 5) is 11.5. The first-order valence-electron chi connectivity index (χ1n) is 9.44. The van der Waals surface area contributed by atoms with Crippen LogP contribution in [0.3, 0.4) is 0 Å². The number of methoxy groups -OCH3 is 1. The lowest BCUT2D eigenvalue weighted by molar-refractivity contribution is 0.0696. The maximum absolute atomic E-state index is 11.5. The van der Waals surface area contributed by atoms with Crippen molar-refractivity contribution in [3.8, 4) is 0 Å². The molecular weight excluding hydrogens is 352 g/mol. The van der Waals surface area contributed by atoms with Gasteiger partial charge in [-0.05, 0) is 69.7 Å². The van der Waals surface area contributed by atoms with Crippen LogP contribution in [-0.2, 0) is 4.74 Å². The van der Waals surface area contributed by atoms with Gasteiger partial charge in [0.05, 0.1) is 5.56 Å². The molecule has 6 heteroatoms. The molecule has 0 spiro atoms. The summed E-state index contributed by atoms with van der Waals surface area (Å²) >= 11 is 6.15. The topological polar surface area (TPSA) is 70.6 Å². The van der Waals surface area contributed by atoms with Crippen LogP contribution in [0.25, 0.3) is 0 Å². The zero-order chi connectivity index (χ0) is 19.2. The van der Waals surface area contributed by atoms with E-state index < -0.39 is 5.97 Å². The monoisotopic (exact) mass is 382 g/mol. The lowest BCUT2D eigenvalue weighted by atomic mass is 9.77. The molecule has 0 aliphatic heterocycles. The summed E-state index contributed by atoms with van der Waals surface area (Å²) in [7, 11) is 1.73. The zero-order valence-corrected chi connectivity index (χ0v) is 16.8. The average Bonchev–Trinajstić information content (AvgIpc) is 2.62. The number of carbonyl (C=O) groups is 1. The molecule has 1 aromatic rings. The number of anilines is 1. The van der Waals surface area contributed by atoms with Gasteiger partial charge in [-0.25, -0.2) is 4.79 Å². The van der Waals surface area contributed by atoms with Gasteiger partial charge < -0.3 is 20.5 Å². The van der Waals surface area contributed by atoms with Gasteiger partial charge in [-0.2, -0.15) is 0 Å². The van der Waals surface area contributed by atoms with Gasteiger partial charge in [0, 0.05) is 36.0 Å². The van der Waals surface area contributed by atoms with Crippen molar-refractivity contribution in [2.75, 3.05) is 25.6 Å². The van der Waals surface area contributed by atoms with Crippen molar-refractivity contribution in [2.24, 2.45) is 0 Å². The number of hydrogen-bond acceptors (Lipinski definition) is 4. The van der Waals surface area contributed by atoms with E-state index in [2.05, 4.69) is 17.6 Å². The third kappa shape index (κ3) is 5.35. The van der Waals surface area contributed by atoms with Gasteiger partial charge in [0.1, 0.15) is 0 Å². The standard InChI is InChI=1S/C20H31ClN2O3/c1-4-20(8-6-16(7-9-20)22-10-5-11-26-3)23-18-13-15(21)12-17(14(18)2)19(24)25/h12-13,16,22-23H,4-11H2,1-3H3,(H,24,25). The maximum Gasteiger partial charge on any atom is 0.336 e. The fourth-order valence-electron chi connectivity index (χ4n) is 3.78. The first-order chi connectivity index (χ1) is 12.4. The number of rotatable bonds is 9. The zero-order valence-electron chi connectivity index (χ0n) is 16.0. The second-order valence-electron chi connectivity index (χ2n) is 7.26. The van der Waals surface area contributed by atoms with Crippen LogP contribution in [0.15, 0.2) is 12.1 Å². The second-order valence-corrected chi connectivity index (χ2v) is 7.70. The van der Waals surface area contributed by atoms with Gasteiger partial charge in [0.2, 0.25) is 0 Å². The SMILES string of the molecule is CCC1(Nc2cc(Cl)cc(C(=O)O)c2C)CCC(NCCCOC)CC1. The van der Waals surface area contributed by atoms with Crippen molar-refractivity contribution in [1.82, 2.24) is 5.32 Å². The predicted molar refractivity (Wildman–Crippen MR) is 107 cm³/mol. The van der Waals surface area contributed by atoms with E-state index in [1.165, 1.54) is 6.07 Å². The van der Waals surface area contributed by atoms with Crippen LogP contribution in [0, 0.1) is 6.92 Å². The summed E-state index contributed by atoms with van der Waals surface area (Å²) in [6.07, 6.45) is 6.36. The third-order valence-electron chi connectivity index (χ3n) is 5.58. The van der Waals surface area contributed by atoms with Gasteiger partial charge in [0.15, 0.2) is 0 Å². The summed E-state index contributed by atoms with van der Waals surface area (Å²) in [6.45, 7) is 5.81. The molecule has 0 unspecified atom stereocenters. The Bertz CT molecular complexity index is 613. The maximum atomic E-state index is 11.5. The molecule has 0 bridgehead atoms. The minimum atomic E-state index is -0.942. The molecule has 0 amide bonds. The van der Waals surface area contributed by atoms with Gasteiger partial charge in [0.25, 0.3) is 0 Å². The minimum absolute atomic E-state index is 0.00404. The van der Waals surface area contributed by atoms with Gasteiger partial charge >= 0.3 is 5.97 Å². The number of carboxylic acid groups (broad SMARTS) is 1. The lowest BCUT2D eigenvalue weighted by Gasteiger charge is -2.42. The molecule has 0 aromatic heterocycles. The van der Waals surface area contributed by atoms with Crippen molar-refractivity contribution >= 4 is 23.3 Å². The molecule has 0 radical (unpaired) electrons. The molecule has 1 fully saturated rings. The molecule has 0 atom stereocenters. The molecule has 0 saturated heterocycles. The highest BCUT2D eigenvalue weighted by Crippen LogP contribution is 2.36. The van der Waals surface area contributed by atoms with E-state index in [9.17, 15) is 9.90 Å². The fourth-order valence-corrected chi connectivity index (χ4v) is 4.00. The van der Waals surface area contributed by atoms with Crippen LogP contribution in [-0.4, -0.2) is 42.9 Å². The van der Waals surface area contributed by atoms with Crippen LogP contribution in [0.5, 0.6) is 0 Å². The quantitative estimate of drug-likeness (QED) is 0.549. The van der Waals surface area contributed by atoms with E-state index in [1.807, 2.05) is 13.0 Å². The van der Waals surface area contributed by atoms with E-state index in [4.69, 9.17) is 16.3 Å². The van der Waals surface area contributed by atoms with Crippen LogP contribution >= 0.6 is 11.6 Å². The van der Waals surface area contributed by atoms with E-state index in [0.717, 1.165) is 62.9 Å². The van der Waals surface area contributed by atoms with Crippen molar-refractivity contribution < 1.29 is 14.6 Å². The average molecular weight is 383 g/mol. The third-order valence-corrected chi connectivity index (χ3v) is 5.80. The molecule has 1 aromatic carbocycles. The lowest BCUT2D eigenvalue weighted by Crippen LogP contribution is -2.46. The number of carboxylic acids is 1. The smallest absolute Gasteiger partial charge is 0.336 e. The largest absolute Gasteiger partial charge is 0.478 e. The van der Waals surface area contributed by atoms with Crippen LogP contribution in [0.4, 0.5) is 5.69 Å². The first kappa shape index (κ1) is 21.0. The Morgan fingerprint density at radius 3 is 2.65 bits per heavy atom. The molecule has 1 aliphatic rings. The van der Waals surface area contributed by atoms with E-state index in [1.54, 1.807) is 7.11 Å². The molecule has 3 N–H and O–H groups in total. The molecule has 5 nitrogen and oxygen atoms in total. The molecular formula is C20H31ClN2O3. The number of nitrogens with one attached hydrogen (secondary N) is 2. The highest BCUT2D eigenvalue weighted by atomic mass is 35.5. The Balaban J connectivity index is 2.03. The van der Waals surface area contributed by atoms with Gasteiger partial charge in [-0.15, -0.1) is 0 Å². The summed E-state index contributed by atoms with van der Waals surface area (Å²) < 4.78 is 5.09. The molecule has 0 heterocycles. The van der Waals surface area contributed by atoms with Crippen molar-refractivity contribution in [2.45, 2.75) is 64.0 Å².